The monoisotopic (exact) mass is 893 g/mol. The number of piperidine rings is 2. The number of carbonyl (C=O) groups excluding carboxylic acids is 2. The Morgan fingerprint density at radius 1 is 0.682 bits per heavy atom. The van der Waals surface area contributed by atoms with Crippen LogP contribution in [0.3, 0.4) is 0 Å². The molecule has 4 saturated heterocycles. The number of hydrogen-bond donors (Lipinski definition) is 3. The Morgan fingerprint density at radius 2 is 1.20 bits per heavy atom. The minimum atomic E-state index is -1.34. The number of rotatable bonds is 9. The third kappa shape index (κ3) is 9.42. The lowest BCUT2D eigenvalue weighted by Gasteiger charge is -2.48. The second-order valence-corrected chi connectivity index (χ2v) is 20.4. The molecule has 3 N–H and O–H groups in total. The normalized spacial score (nSPS) is 22.2. The zero-order valence-corrected chi connectivity index (χ0v) is 40.9. The Labute approximate surface area is 393 Å². The van der Waals surface area contributed by atoms with Gasteiger partial charge in [0.25, 0.3) is 0 Å². The first-order valence-electron chi connectivity index (χ1n) is 24.0. The number of urea groups is 2. The molecule has 2 unspecified atom stereocenters. The van der Waals surface area contributed by atoms with E-state index in [1.807, 2.05) is 30.0 Å². The van der Waals surface area contributed by atoms with Crippen LogP contribution in [0.5, 0.6) is 5.75 Å². The van der Waals surface area contributed by atoms with Crippen molar-refractivity contribution in [2.45, 2.75) is 136 Å². The molecule has 0 radical (unpaired) electrons. The lowest BCUT2D eigenvalue weighted by atomic mass is 9.76. The summed E-state index contributed by atoms with van der Waals surface area (Å²) in [5.74, 6) is 1.06. The summed E-state index contributed by atoms with van der Waals surface area (Å²) in [6.07, 6.45) is 7.69. The maximum absolute atomic E-state index is 13.2. The summed E-state index contributed by atoms with van der Waals surface area (Å²) >= 11 is 0. The molecule has 66 heavy (non-hydrogen) atoms. The van der Waals surface area contributed by atoms with Crippen molar-refractivity contribution in [2.24, 2.45) is 0 Å². The first kappa shape index (κ1) is 47.1. The van der Waals surface area contributed by atoms with Crippen LogP contribution in [0.25, 0.3) is 0 Å². The quantitative estimate of drug-likeness (QED) is 0.145. The smallest absolute Gasteiger partial charge is 0.322 e. The van der Waals surface area contributed by atoms with Crippen LogP contribution in [0.4, 0.5) is 9.59 Å². The van der Waals surface area contributed by atoms with Crippen LogP contribution >= 0.6 is 0 Å². The van der Waals surface area contributed by atoms with Crippen LogP contribution in [0.2, 0.25) is 0 Å². The molecule has 0 saturated carbocycles. The highest BCUT2D eigenvalue weighted by Crippen LogP contribution is 2.45. The summed E-state index contributed by atoms with van der Waals surface area (Å²) < 4.78 is 5.41. The third-order valence-corrected chi connectivity index (χ3v) is 14.9. The summed E-state index contributed by atoms with van der Waals surface area (Å²) in [6, 6.07) is 23.8. The number of nitrogens with zero attached hydrogens (tertiary/aromatic N) is 4. The summed E-state index contributed by atoms with van der Waals surface area (Å²) in [6.45, 7) is 27.6. The van der Waals surface area contributed by atoms with Crippen molar-refractivity contribution < 1.29 is 19.4 Å². The van der Waals surface area contributed by atoms with E-state index in [1.165, 1.54) is 61.3 Å². The molecule has 10 heteroatoms. The number of ether oxygens (including phenoxy) is 1. The Bertz CT molecular complexity index is 2490. The third-order valence-electron chi connectivity index (χ3n) is 14.9. The predicted octanol–water partition coefficient (Wildman–Crippen LogP) is 9.93. The minimum absolute atomic E-state index is 0.0678. The number of amides is 4. The summed E-state index contributed by atoms with van der Waals surface area (Å²) in [5.41, 5.74) is 14.1. The Balaban J connectivity index is 0.000000180. The van der Waals surface area contributed by atoms with Gasteiger partial charge in [-0.25, -0.2) is 9.59 Å². The number of methoxy groups -OCH3 is 1. The fourth-order valence-electron chi connectivity index (χ4n) is 12.1. The second kappa shape index (κ2) is 18.7. The number of benzene rings is 4. The van der Waals surface area contributed by atoms with Crippen LogP contribution in [0.15, 0.2) is 91.2 Å². The fourth-order valence-corrected chi connectivity index (χ4v) is 12.1. The number of aliphatic hydroxyl groups is 1. The van der Waals surface area contributed by atoms with Crippen LogP contribution in [-0.2, 0) is 26.2 Å². The van der Waals surface area contributed by atoms with Crippen LogP contribution in [0, 0.1) is 48.5 Å². The van der Waals surface area contributed by atoms with Crippen molar-refractivity contribution in [3.8, 4) is 5.75 Å². The zero-order valence-electron chi connectivity index (χ0n) is 40.9. The molecule has 0 bridgehead atoms. The molecule has 4 fully saturated rings. The highest BCUT2D eigenvalue weighted by atomic mass is 16.5. The summed E-state index contributed by atoms with van der Waals surface area (Å²) in [7, 11) is 1.63. The molecular formula is C56H72N6O4. The Morgan fingerprint density at radius 3 is 1.74 bits per heavy atom. The van der Waals surface area contributed by atoms with E-state index in [4.69, 9.17) is 4.74 Å². The van der Waals surface area contributed by atoms with Gasteiger partial charge in [0.1, 0.15) is 5.75 Å². The standard InChI is InChI=1S/C28H37N3O3.C28H35N3O/c1-6-7-28(33)27(8-10-30(11-9-27)18-23-13-20(2)12-21(3)14-23)29-26(32)31(28)19-24-15-22(4)16-25(17-24)34-5;1-18-10-19(2)13-23(12-18)16-30-8-6-28(7-9-30)25-15-22(5)26-21(4)11-20(3)14-24(26)17-31(25)27(32)29-28/h6,12-17,33H,1,7-11,18-19H2,2-5H3,(H,29,32);10-15,22H,6-9,16-17H2,1-5H3,(H,29,32). The number of fused-ring (bicyclic) bond motifs is 3. The van der Waals surface area contributed by atoms with Gasteiger partial charge in [0, 0.05) is 57.3 Å². The van der Waals surface area contributed by atoms with Gasteiger partial charge in [0.2, 0.25) is 0 Å². The van der Waals surface area contributed by atoms with E-state index >= 15 is 0 Å². The van der Waals surface area contributed by atoms with Crippen molar-refractivity contribution in [2.75, 3.05) is 33.3 Å². The maximum Gasteiger partial charge on any atom is 0.322 e. The van der Waals surface area contributed by atoms with Crippen LogP contribution in [-0.4, -0.2) is 86.9 Å². The second-order valence-electron chi connectivity index (χ2n) is 20.4. The van der Waals surface area contributed by atoms with E-state index in [1.54, 1.807) is 18.1 Å². The molecule has 4 amide bonds. The van der Waals surface area contributed by atoms with E-state index in [0.29, 0.717) is 38.3 Å². The van der Waals surface area contributed by atoms with Gasteiger partial charge in [-0.2, -0.15) is 0 Å². The van der Waals surface area contributed by atoms with Crippen molar-refractivity contribution in [3.63, 3.8) is 0 Å². The number of nitrogens with one attached hydrogen (secondary N) is 2. The van der Waals surface area contributed by atoms with Gasteiger partial charge in [-0.1, -0.05) is 101 Å². The molecule has 0 aliphatic carbocycles. The van der Waals surface area contributed by atoms with E-state index in [-0.39, 0.29) is 17.6 Å². The summed E-state index contributed by atoms with van der Waals surface area (Å²) in [5, 5.41) is 18.6. The van der Waals surface area contributed by atoms with Gasteiger partial charge >= 0.3 is 12.1 Å². The molecule has 5 aliphatic heterocycles. The number of allylic oxidation sites excluding steroid dienone is 1. The molecule has 2 atom stereocenters. The average molecular weight is 893 g/mol. The Kier molecular flexibility index (Phi) is 13.3. The van der Waals surface area contributed by atoms with E-state index < -0.39 is 11.3 Å². The van der Waals surface area contributed by atoms with Crippen LogP contribution < -0.4 is 15.4 Å². The summed E-state index contributed by atoms with van der Waals surface area (Å²) in [4.78, 5) is 34.9. The van der Waals surface area contributed by atoms with Gasteiger partial charge in [-0.15, -0.1) is 6.58 Å². The van der Waals surface area contributed by atoms with E-state index in [9.17, 15) is 14.7 Å². The highest BCUT2D eigenvalue weighted by molar-refractivity contribution is 5.83. The molecule has 5 aliphatic rings. The SMILES string of the molecule is C=CCC1(O)N(Cc2cc(C)cc(OC)c2)C(=O)NC12CCN(Cc1cc(C)cc(C)c1)CC2.Cc1cc(C)cc(CN2CCC3(CC2)NC(=O)N2Cc4cc(C)cc(C)c4C(C)C=C23)c1. The van der Waals surface area contributed by atoms with Crippen molar-refractivity contribution >= 4 is 12.1 Å². The average Bonchev–Trinajstić information content (AvgIpc) is 3.50. The topological polar surface area (TPSA) is 101 Å². The molecule has 5 heterocycles. The lowest BCUT2D eigenvalue weighted by Crippen LogP contribution is -2.64. The lowest BCUT2D eigenvalue weighted by molar-refractivity contribution is -0.130. The van der Waals surface area contributed by atoms with Gasteiger partial charge in [0.05, 0.1) is 31.3 Å². The largest absolute Gasteiger partial charge is 0.497 e. The molecule has 0 aromatic heterocycles. The molecule has 10 nitrogen and oxygen atoms in total. The fraction of sp³-hybridized carbons (Fsp3) is 0.464. The number of carbonyl (C=O) groups is 2. The first-order valence-corrected chi connectivity index (χ1v) is 24.0. The highest BCUT2D eigenvalue weighted by Gasteiger charge is 2.62. The number of likely N-dealkylation sites (tertiary alicyclic amines) is 2. The van der Waals surface area contributed by atoms with Gasteiger partial charge in [0.15, 0.2) is 5.72 Å². The molecule has 4 aromatic carbocycles. The molecule has 2 spiro atoms. The number of hydrogen-bond acceptors (Lipinski definition) is 6. The van der Waals surface area contributed by atoms with Crippen molar-refractivity contribution in [3.05, 3.63) is 158 Å². The van der Waals surface area contributed by atoms with Crippen molar-refractivity contribution in [1.29, 1.82) is 0 Å². The van der Waals surface area contributed by atoms with Crippen molar-refractivity contribution in [1.82, 2.24) is 30.2 Å². The molecule has 9 rings (SSSR count). The van der Waals surface area contributed by atoms with Gasteiger partial charge < -0.3 is 20.5 Å². The number of aryl methyl sites for hydroxylation is 7. The van der Waals surface area contributed by atoms with E-state index in [0.717, 1.165) is 69.0 Å². The molecule has 350 valence electrons. The zero-order chi connectivity index (χ0) is 47.1. The van der Waals surface area contributed by atoms with Crippen LogP contribution in [0.1, 0.15) is 112 Å². The van der Waals surface area contributed by atoms with Gasteiger partial charge in [-0.3, -0.25) is 19.6 Å². The molecule has 4 aromatic rings. The van der Waals surface area contributed by atoms with E-state index in [2.05, 4.69) is 130 Å². The molecular weight excluding hydrogens is 821 g/mol. The maximum atomic E-state index is 13.2. The first-order chi connectivity index (χ1) is 31.4. The minimum Gasteiger partial charge on any atom is -0.497 e. The Hall–Kier alpha value is -5.42. The van der Waals surface area contributed by atoms with Gasteiger partial charge in [-0.05, 0) is 125 Å². The predicted molar refractivity (Wildman–Crippen MR) is 264 cm³/mol.